The normalized spacial score (nSPS) is 11.7. The summed E-state index contributed by atoms with van der Waals surface area (Å²) in [7, 11) is 3.84. The Bertz CT molecular complexity index is 683. The first-order chi connectivity index (χ1) is 10.7. The lowest BCUT2D eigenvalue weighted by Crippen LogP contribution is -2.16. The van der Waals surface area contributed by atoms with Crippen molar-refractivity contribution in [2.45, 2.75) is 19.1 Å². The molecule has 0 aliphatic rings. The van der Waals surface area contributed by atoms with E-state index in [9.17, 15) is 18.0 Å². The summed E-state index contributed by atoms with van der Waals surface area (Å²) in [6.07, 6.45) is -4.41. The second-order valence-corrected chi connectivity index (χ2v) is 6.22. The second-order valence-electron chi connectivity index (χ2n) is 5.27. The number of hydrogen-bond donors (Lipinski definition) is 1. The van der Waals surface area contributed by atoms with E-state index in [0.717, 1.165) is 17.1 Å². The molecule has 0 aliphatic carbocycles. The Kier molecular flexibility index (Phi) is 5.38. The van der Waals surface area contributed by atoms with Crippen LogP contribution in [-0.2, 0) is 23.9 Å². The zero-order chi connectivity index (χ0) is 17.0. The summed E-state index contributed by atoms with van der Waals surface area (Å²) in [6.45, 7) is 0.680. The highest BCUT2D eigenvalue weighted by Crippen LogP contribution is 2.30. The number of carbonyl (C=O) groups excluding carboxylic acids is 1. The molecule has 23 heavy (non-hydrogen) atoms. The summed E-state index contributed by atoms with van der Waals surface area (Å²) >= 11 is 1.45. The minimum absolute atomic E-state index is 0.0280. The predicted octanol–water partition coefficient (Wildman–Crippen LogP) is 3.40. The highest BCUT2D eigenvalue weighted by molar-refractivity contribution is 7.09. The van der Waals surface area contributed by atoms with Gasteiger partial charge in [0.2, 0.25) is 5.91 Å². The van der Waals surface area contributed by atoms with Crippen LogP contribution in [-0.4, -0.2) is 29.9 Å². The van der Waals surface area contributed by atoms with Crippen LogP contribution in [0.15, 0.2) is 29.6 Å². The fourth-order valence-electron chi connectivity index (χ4n) is 1.92. The highest BCUT2D eigenvalue weighted by Gasteiger charge is 2.30. The monoisotopic (exact) mass is 343 g/mol. The highest BCUT2D eigenvalue weighted by atomic mass is 32.1. The van der Waals surface area contributed by atoms with Crippen LogP contribution in [0.25, 0.3) is 0 Å². The van der Waals surface area contributed by atoms with Crippen molar-refractivity contribution in [1.29, 1.82) is 0 Å². The van der Waals surface area contributed by atoms with Gasteiger partial charge in [0.05, 0.1) is 17.7 Å². The maximum Gasteiger partial charge on any atom is 0.416 e. The first-order valence-corrected chi connectivity index (χ1v) is 7.67. The van der Waals surface area contributed by atoms with Crippen molar-refractivity contribution in [3.63, 3.8) is 0 Å². The number of thiazole rings is 1. The van der Waals surface area contributed by atoms with Crippen molar-refractivity contribution >= 4 is 22.9 Å². The number of anilines is 1. The number of hydrogen-bond acceptors (Lipinski definition) is 4. The lowest BCUT2D eigenvalue weighted by molar-refractivity contribution is -0.137. The summed E-state index contributed by atoms with van der Waals surface area (Å²) in [5.41, 5.74) is -0.0675. The number of aromatic nitrogens is 1. The Labute approximate surface area is 136 Å². The maximum atomic E-state index is 12.6. The zero-order valence-corrected chi connectivity index (χ0v) is 13.5. The summed E-state index contributed by atoms with van der Waals surface area (Å²) < 4.78 is 37.9. The molecule has 0 spiro atoms. The van der Waals surface area contributed by atoms with Gasteiger partial charge in [0.1, 0.15) is 5.01 Å². The van der Waals surface area contributed by atoms with E-state index in [-0.39, 0.29) is 12.1 Å². The topological polar surface area (TPSA) is 45.2 Å². The van der Waals surface area contributed by atoms with Crippen LogP contribution in [0.1, 0.15) is 16.3 Å². The Morgan fingerprint density at radius 3 is 2.74 bits per heavy atom. The SMILES string of the molecule is CN(C)Cc1nc(CC(=O)Nc2cccc(C(F)(F)F)c2)cs1. The molecule has 0 bridgehead atoms. The van der Waals surface area contributed by atoms with E-state index in [0.29, 0.717) is 12.2 Å². The minimum Gasteiger partial charge on any atom is -0.326 e. The molecule has 1 heterocycles. The molecule has 4 nitrogen and oxygen atoms in total. The van der Waals surface area contributed by atoms with Gasteiger partial charge in [-0.25, -0.2) is 4.98 Å². The molecule has 0 saturated carbocycles. The van der Waals surface area contributed by atoms with Crippen molar-refractivity contribution in [3.05, 3.63) is 45.9 Å². The van der Waals surface area contributed by atoms with E-state index in [4.69, 9.17) is 0 Å². The molecular formula is C15H16F3N3OS. The van der Waals surface area contributed by atoms with E-state index < -0.39 is 17.6 Å². The quantitative estimate of drug-likeness (QED) is 0.905. The Balaban J connectivity index is 1.98. The molecule has 0 aliphatic heterocycles. The van der Waals surface area contributed by atoms with Crippen molar-refractivity contribution in [3.8, 4) is 0 Å². The standard InChI is InChI=1S/C15H16F3N3OS/c1-21(2)8-14-20-12(9-23-14)7-13(22)19-11-5-3-4-10(6-11)15(16,17)18/h3-6,9H,7-8H2,1-2H3,(H,19,22). The van der Waals surface area contributed by atoms with Crippen LogP contribution >= 0.6 is 11.3 Å². The van der Waals surface area contributed by atoms with Crippen molar-refractivity contribution in [2.75, 3.05) is 19.4 Å². The van der Waals surface area contributed by atoms with Gasteiger partial charge < -0.3 is 10.2 Å². The maximum absolute atomic E-state index is 12.6. The van der Waals surface area contributed by atoms with Gasteiger partial charge in [0, 0.05) is 17.6 Å². The minimum atomic E-state index is -4.43. The molecule has 8 heteroatoms. The van der Waals surface area contributed by atoms with Gasteiger partial charge >= 0.3 is 6.18 Å². The molecule has 1 N–H and O–H groups in total. The fraction of sp³-hybridized carbons (Fsp3) is 0.333. The number of amides is 1. The first kappa shape index (κ1) is 17.4. The van der Waals surface area contributed by atoms with Crippen LogP contribution < -0.4 is 5.32 Å². The molecular weight excluding hydrogens is 327 g/mol. The van der Waals surface area contributed by atoms with E-state index >= 15 is 0 Å². The van der Waals surface area contributed by atoms with Gasteiger partial charge in [0.15, 0.2) is 0 Å². The number of carbonyl (C=O) groups is 1. The molecule has 2 rings (SSSR count). The van der Waals surface area contributed by atoms with Gasteiger partial charge in [0.25, 0.3) is 0 Å². The third-order valence-corrected chi connectivity index (χ3v) is 3.75. The van der Waals surface area contributed by atoms with E-state index in [2.05, 4.69) is 10.3 Å². The van der Waals surface area contributed by atoms with Gasteiger partial charge in [-0.05, 0) is 32.3 Å². The number of nitrogens with one attached hydrogen (secondary N) is 1. The summed E-state index contributed by atoms with van der Waals surface area (Å²) in [5, 5.41) is 5.14. The van der Waals surface area contributed by atoms with Crippen LogP contribution in [0.2, 0.25) is 0 Å². The number of nitrogens with zero attached hydrogens (tertiary/aromatic N) is 2. The summed E-state index contributed by atoms with van der Waals surface area (Å²) in [4.78, 5) is 18.2. The average Bonchev–Trinajstić information content (AvgIpc) is 2.84. The summed E-state index contributed by atoms with van der Waals surface area (Å²) in [6, 6.07) is 4.56. The Morgan fingerprint density at radius 2 is 2.09 bits per heavy atom. The van der Waals surface area contributed by atoms with E-state index in [1.54, 1.807) is 5.38 Å². The van der Waals surface area contributed by atoms with E-state index in [1.807, 2.05) is 19.0 Å². The molecule has 0 unspecified atom stereocenters. The molecule has 0 fully saturated rings. The van der Waals surface area contributed by atoms with E-state index in [1.165, 1.54) is 23.5 Å². The molecule has 0 atom stereocenters. The fourth-order valence-corrected chi connectivity index (χ4v) is 2.83. The van der Waals surface area contributed by atoms with Crippen LogP contribution in [0.5, 0.6) is 0 Å². The van der Waals surface area contributed by atoms with Gasteiger partial charge in [-0.3, -0.25) is 4.79 Å². The van der Waals surface area contributed by atoms with Crippen LogP contribution in [0, 0.1) is 0 Å². The van der Waals surface area contributed by atoms with Gasteiger partial charge in [-0.15, -0.1) is 11.3 Å². The van der Waals surface area contributed by atoms with Crippen molar-refractivity contribution in [2.24, 2.45) is 0 Å². The first-order valence-electron chi connectivity index (χ1n) is 6.79. The third kappa shape index (κ3) is 5.33. The molecule has 1 aromatic heterocycles. The predicted molar refractivity (Wildman–Crippen MR) is 83.3 cm³/mol. The van der Waals surface area contributed by atoms with Crippen molar-refractivity contribution < 1.29 is 18.0 Å². The van der Waals surface area contributed by atoms with Crippen molar-refractivity contribution in [1.82, 2.24) is 9.88 Å². The number of alkyl halides is 3. The molecule has 0 radical (unpaired) electrons. The Morgan fingerprint density at radius 1 is 1.35 bits per heavy atom. The van der Waals surface area contributed by atoms with Crippen LogP contribution in [0.4, 0.5) is 18.9 Å². The molecule has 1 amide bonds. The smallest absolute Gasteiger partial charge is 0.326 e. The molecule has 1 aromatic carbocycles. The lowest BCUT2D eigenvalue weighted by atomic mass is 10.2. The Hall–Kier alpha value is -1.93. The second kappa shape index (κ2) is 7.10. The average molecular weight is 343 g/mol. The molecule has 2 aromatic rings. The molecule has 124 valence electrons. The number of rotatable bonds is 5. The third-order valence-electron chi connectivity index (χ3n) is 2.87. The summed E-state index contributed by atoms with van der Waals surface area (Å²) in [5.74, 6) is -0.397. The zero-order valence-electron chi connectivity index (χ0n) is 12.6. The van der Waals surface area contributed by atoms with Gasteiger partial charge in [-0.1, -0.05) is 6.07 Å². The van der Waals surface area contributed by atoms with Crippen LogP contribution in [0.3, 0.4) is 0 Å². The lowest BCUT2D eigenvalue weighted by Gasteiger charge is -2.09. The largest absolute Gasteiger partial charge is 0.416 e. The number of benzene rings is 1. The molecule has 0 saturated heterocycles. The van der Waals surface area contributed by atoms with Gasteiger partial charge in [-0.2, -0.15) is 13.2 Å². The number of halogens is 3.